The summed E-state index contributed by atoms with van der Waals surface area (Å²) in [6.07, 6.45) is 0. The second-order valence-electron chi connectivity index (χ2n) is 5.57. The molecule has 0 saturated carbocycles. The highest BCUT2D eigenvalue weighted by molar-refractivity contribution is 5.24. The molecule has 0 heterocycles. The maximum absolute atomic E-state index is 13.9. The van der Waals surface area contributed by atoms with Crippen LogP contribution in [0.3, 0.4) is 0 Å². The third kappa shape index (κ3) is 3.98. The number of hydrogen-bond acceptors (Lipinski definition) is 2. The number of rotatable bonds is 6. The lowest BCUT2D eigenvalue weighted by Gasteiger charge is -2.36. The molecule has 0 bridgehead atoms. The van der Waals surface area contributed by atoms with E-state index in [0.717, 1.165) is 6.54 Å². The molecule has 0 radical (unpaired) electrons. The lowest BCUT2D eigenvalue weighted by molar-refractivity contribution is 0.133. The van der Waals surface area contributed by atoms with Gasteiger partial charge in [0, 0.05) is 24.7 Å². The van der Waals surface area contributed by atoms with Crippen molar-refractivity contribution >= 4 is 0 Å². The Labute approximate surface area is 114 Å². The van der Waals surface area contributed by atoms with Gasteiger partial charge in [0.05, 0.1) is 6.04 Å². The summed E-state index contributed by atoms with van der Waals surface area (Å²) in [5.41, 5.74) is 5.86. The zero-order chi connectivity index (χ0) is 14.6. The van der Waals surface area contributed by atoms with Gasteiger partial charge < -0.3 is 5.73 Å². The van der Waals surface area contributed by atoms with Gasteiger partial charge in [0.25, 0.3) is 0 Å². The van der Waals surface area contributed by atoms with Crippen molar-refractivity contribution in [1.29, 1.82) is 0 Å². The Bertz CT molecular complexity index is 385. The first kappa shape index (κ1) is 16.1. The molecule has 0 saturated heterocycles. The molecular weight excluding hydrogens is 246 g/mol. The molecule has 1 aromatic rings. The highest BCUT2D eigenvalue weighted by atomic mass is 19.1. The van der Waals surface area contributed by atoms with Crippen LogP contribution in [-0.2, 0) is 0 Å². The summed E-state index contributed by atoms with van der Waals surface area (Å²) in [7, 11) is 0. The summed E-state index contributed by atoms with van der Waals surface area (Å²) in [5, 5.41) is 0. The van der Waals surface area contributed by atoms with Gasteiger partial charge >= 0.3 is 0 Å². The minimum atomic E-state index is -0.523. The number of hydrogen-bond donors (Lipinski definition) is 1. The average molecular weight is 270 g/mol. The molecule has 0 amide bonds. The normalized spacial score (nSPS) is 13.6. The number of halogens is 2. The molecule has 0 fully saturated rings. The predicted octanol–water partition coefficient (Wildman–Crippen LogP) is 3.33. The standard InChI is InChI=1S/C15H24F2N2/c1-10(2)9-19(11(3)4)14(8-18)15-12(16)6-5-7-13(15)17/h5-7,10-11,14H,8-9,18H2,1-4H3. The molecule has 1 rings (SSSR count). The van der Waals surface area contributed by atoms with Crippen LogP contribution in [0, 0.1) is 17.6 Å². The van der Waals surface area contributed by atoms with Crippen molar-refractivity contribution in [1.82, 2.24) is 4.90 Å². The van der Waals surface area contributed by atoms with Crippen LogP contribution in [0.1, 0.15) is 39.3 Å². The zero-order valence-corrected chi connectivity index (χ0v) is 12.2. The van der Waals surface area contributed by atoms with Gasteiger partial charge in [-0.15, -0.1) is 0 Å². The van der Waals surface area contributed by atoms with Crippen LogP contribution in [0.25, 0.3) is 0 Å². The topological polar surface area (TPSA) is 29.3 Å². The van der Waals surface area contributed by atoms with Crippen molar-refractivity contribution in [3.05, 3.63) is 35.4 Å². The fraction of sp³-hybridized carbons (Fsp3) is 0.600. The molecule has 2 nitrogen and oxygen atoms in total. The molecule has 0 aromatic heterocycles. The Morgan fingerprint density at radius 3 is 2.00 bits per heavy atom. The smallest absolute Gasteiger partial charge is 0.130 e. The molecular formula is C15H24F2N2. The molecule has 2 N–H and O–H groups in total. The fourth-order valence-corrected chi connectivity index (χ4v) is 2.37. The van der Waals surface area contributed by atoms with E-state index in [-0.39, 0.29) is 18.2 Å². The molecule has 1 unspecified atom stereocenters. The molecule has 0 aliphatic rings. The van der Waals surface area contributed by atoms with Crippen LogP contribution in [0.4, 0.5) is 8.78 Å². The molecule has 1 atom stereocenters. The van der Waals surface area contributed by atoms with Crippen molar-refractivity contribution in [3.63, 3.8) is 0 Å². The Balaban J connectivity index is 3.16. The van der Waals surface area contributed by atoms with Crippen LogP contribution in [0.5, 0.6) is 0 Å². The Morgan fingerprint density at radius 2 is 1.63 bits per heavy atom. The van der Waals surface area contributed by atoms with E-state index in [0.29, 0.717) is 5.92 Å². The van der Waals surface area contributed by atoms with Gasteiger partial charge in [-0.3, -0.25) is 4.90 Å². The van der Waals surface area contributed by atoms with E-state index < -0.39 is 17.7 Å². The van der Waals surface area contributed by atoms with E-state index in [4.69, 9.17) is 5.73 Å². The van der Waals surface area contributed by atoms with Crippen molar-refractivity contribution < 1.29 is 8.78 Å². The highest BCUT2D eigenvalue weighted by Gasteiger charge is 2.27. The number of benzene rings is 1. The van der Waals surface area contributed by atoms with Gasteiger partial charge in [-0.2, -0.15) is 0 Å². The lowest BCUT2D eigenvalue weighted by Crippen LogP contribution is -2.41. The van der Waals surface area contributed by atoms with Crippen LogP contribution in [0.2, 0.25) is 0 Å². The third-order valence-corrected chi connectivity index (χ3v) is 3.20. The Hall–Kier alpha value is -1.00. The van der Waals surface area contributed by atoms with E-state index in [1.54, 1.807) is 0 Å². The predicted molar refractivity (Wildman–Crippen MR) is 74.8 cm³/mol. The molecule has 108 valence electrons. The second-order valence-corrected chi connectivity index (χ2v) is 5.57. The summed E-state index contributed by atoms with van der Waals surface area (Å²) >= 11 is 0. The average Bonchev–Trinajstić information content (AvgIpc) is 2.31. The summed E-state index contributed by atoms with van der Waals surface area (Å²) < 4.78 is 27.9. The first-order valence-electron chi connectivity index (χ1n) is 6.78. The summed E-state index contributed by atoms with van der Waals surface area (Å²) in [6.45, 7) is 9.16. The molecule has 19 heavy (non-hydrogen) atoms. The van der Waals surface area contributed by atoms with Gasteiger partial charge in [0.2, 0.25) is 0 Å². The maximum atomic E-state index is 13.9. The van der Waals surface area contributed by atoms with E-state index in [1.807, 2.05) is 13.8 Å². The van der Waals surface area contributed by atoms with Crippen molar-refractivity contribution in [2.24, 2.45) is 11.7 Å². The monoisotopic (exact) mass is 270 g/mol. The van der Waals surface area contributed by atoms with Crippen LogP contribution >= 0.6 is 0 Å². The van der Waals surface area contributed by atoms with Crippen molar-refractivity contribution in [2.75, 3.05) is 13.1 Å². The van der Waals surface area contributed by atoms with Crippen molar-refractivity contribution in [3.8, 4) is 0 Å². The second kappa shape index (κ2) is 6.96. The van der Waals surface area contributed by atoms with Crippen molar-refractivity contribution in [2.45, 2.75) is 39.8 Å². The number of nitrogens with zero attached hydrogens (tertiary/aromatic N) is 1. The molecule has 0 spiro atoms. The van der Waals surface area contributed by atoms with Gasteiger partial charge in [-0.05, 0) is 31.9 Å². The molecule has 0 aliphatic heterocycles. The summed E-state index contributed by atoms with van der Waals surface area (Å²) in [5.74, 6) is -0.638. The van der Waals surface area contributed by atoms with E-state index >= 15 is 0 Å². The minimum Gasteiger partial charge on any atom is -0.329 e. The maximum Gasteiger partial charge on any atom is 0.130 e. The summed E-state index contributed by atoms with van der Waals surface area (Å²) in [6, 6.07) is 3.70. The largest absolute Gasteiger partial charge is 0.329 e. The van der Waals surface area contributed by atoms with E-state index in [2.05, 4.69) is 18.7 Å². The van der Waals surface area contributed by atoms with Crippen LogP contribution in [0.15, 0.2) is 18.2 Å². The lowest BCUT2D eigenvalue weighted by atomic mass is 10.0. The quantitative estimate of drug-likeness (QED) is 0.859. The third-order valence-electron chi connectivity index (χ3n) is 3.20. The van der Waals surface area contributed by atoms with Crippen LogP contribution < -0.4 is 5.73 Å². The van der Waals surface area contributed by atoms with Crippen LogP contribution in [-0.4, -0.2) is 24.0 Å². The van der Waals surface area contributed by atoms with Gasteiger partial charge in [-0.25, -0.2) is 8.78 Å². The SMILES string of the molecule is CC(C)CN(C(C)C)C(CN)c1c(F)cccc1F. The Kier molecular flexibility index (Phi) is 5.88. The Morgan fingerprint density at radius 1 is 1.11 bits per heavy atom. The zero-order valence-electron chi connectivity index (χ0n) is 12.2. The summed E-state index contributed by atoms with van der Waals surface area (Å²) in [4.78, 5) is 2.06. The van der Waals surface area contributed by atoms with Gasteiger partial charge in [0.15, 0.2) is 0 Å². The van der Waals surface area contributed by atoms with Gasteiger partial charge in [0.1, 0.15) is 11.6 Å². The minimum absolute atomic E-state index is 0.0827. The first-order chi connectivity index (χ1) is 8.88. The highest BCUT2D eigenvalue weighted by Crippen LogP contribution is 2.27. The fourth-order valence-electron chi connectivity index (χ4n) is 2.37. The molecule has 4 heteroatoms. The van der Waals surface area contributed by atoms with Gasteiger partial charge in [-0.1, -0.05) is 19.9 Å². The molecule has 0 aliphatic carbocycles. The number of nitrogens with two attached hydrogens (primary N) is 1. The van der Waals surface area contributed by atoms with E-state index in [1.165, 1.54) is 18.2 Å². The van der Waals surface area contributed by atoms with E-state index in [9.17, 15) is 8.78 Å². The first-order valence-corrected chi connectivity index (χ1v) is 6.78. The molecule has 1 aromatic carbocycles.